The first-order valence-corrected chi connectivity index (χ1v) is 14.8. The molecule has 2 aromatic rings. The van der Waals surface area contributed by atoms with E-state index >= 15 is 0 Å². The van der Waals surface area contributed by atoms with E-state index in [9.17, 15) is 26.4 Å². The van der Waals surface area contributed by atoms with Gasteiger partial charge in [0.05, 0.1) is 46.1 Å². The highest BCUT2D eigenvalue weighted by atomic mass is 32.2. The summed E-state index contributed by atoms with van der Waals surface area (Å²) in [5.74, 6) is -1.02. The van der Waals surface area contributed by atoms with E-state index in [1.54, 1.807) is 19.2 Å². The van der Waals surface area contributed by atoms with Crippen LogP contribution in [0.4, 0.5) is 13.2 Å². The maximum absolute atomic E-state index is 13.1. The fraction of sp³-hybridized carbons (Fsp3) is 0.593. The largest absolute Gasteiger partial charge is 0.391 e. The number of sulfone groups is 1. The number of aromatic nitrogens is 2. The Kier molecular flexibility index (Phi) is 8.46. The van der Waals surface area contributed by atoms with Crippen molar-refractivity contribution in [2.45, 2.75) is 76.7 Å². The number of rotatable bonds is 8. The Morgan fingerprint density at radius 3 is 2.42 bits per heavy atom. The van der Waals surface area contributed by atoms with Crippen LogP contribution in [-0.2, 0) is 22.9 Å². The van der Waals surface area contributed by atoms with Gasteiger partial charge in [-0.1, -0.05) is 20.8 Å². The molecule has 0 spiro atoms. The van der Waals surface area contributed by atoms with Crippen LogP contribution < -0.4 is 5.32 Å². The van der Waals surface area contributed by atoms with Crippen LogP contribution in [-0.4, -0.2) is 47.7 Å². The van der Waals surface area contributed by atoms with Crippen LogP contribution in [0.2, 0.25) is 0 Å². The average Bonchev–Trinajstić information content (AvgIpc) is 3.24. The van der Waals surface area contributed by atoms with Gasteiger partial charge in [-0.15, -0.1) is 0 Å². The van der Waals surface area contributed by atoms with Crippen molar-refractivity contribution in [2.24, 2.45) is 17.8 Å². The van der Waals surface area contributed by atoms with Gasteiger partial charge >= 0.3 is 6.18 Å². The predicted molar refractivity (Wildman–Crippen MR) is 137 cm³/mol. The minimum atomic E-state index is -4.11. The van der Waals surface area contributed by atoms with Gasteiger partial charge in [-0.25, -0.2) is 8.42 Å². The van der Waals surface area contributed by atoms with Crippen molar-refractivity contribution >= 4 is 15.7 Å². The summed E-state index contributed by atoms with van der Waals surface area (Å²) in [5, 5.41) is 2.81. The minimum absolute atomic E-state index is 0.00956. The number of nitrogens with zero attached hydrogens (tertiary/aromatic N) is 3. The molecule has 1 aliphatic carbocycles. The molecule has 2 aromatic heterocycles. The van der Waals surface area contributed by atoms with Gasteiger partial charge in [-0.3, -0.25) is 19.7 Å². The topological polar surface area (TPSA) is 92.3 Å². The molecule has 11 heteroatoms. The highest BCUT2D eigenvalue weighted by Crippen LogP contribution is 2.43. The van der Waals surface area contributed by atoms with Gasteiger partial charge in [0, 0.05) is 25.5 Å². The van der Waals surface area contributed by atoms with Crippen molar-refractivity contribution in [2.75, 3.05) is 12.3 Å². The first-order valence-electron chi connectivity index (χ1n) is 13.1. The summed E-state index contributed by atoms with van der Waals surface area (Å²) in [6.45, 7) is 7.27. The summed E-state index contributed by atoms with van der Waals surface area (Å²) in [6, 6.07) is 4.97. The highest BCUT2D eigenvalue weighted by molar-refractivity contribution is 7.91. The second-order valence-corrected chi connectivity index (χ2v) is 13.0. The molecule has 1 fully saturated rings. The molecule has 0 saturated heterocycles. The van der Waals surface area contributed by atoms with Crippen molar-refractivity contribution in [1.82, 2.24) is 20.2 Å². The van der Waals surface area contributed by atoms with E-state index in [-0.39, 0.29) is 53.8 Å². The van der Waals surface area contributed by atoms with Crippen LogP contribution in [0.25, 0.3) is 0 Å². The molecule has 1 amide bonds. The van der Waals surface area contributed by atoms with Gasteiger partial charge in [0.1, 0.15) is 0 Å². The number of hydrogen-bond donors (Lipinski definition) is 1. The Bertz CT molecular complexity index is 1240. The van der Waals surface area contributed by atoms with Crippen molar-refractivity contribution in [3.63, 3.8) is 0 Å². The third-order valence-electron chi connectivity index (χ3n) is 7.71. The summed E-state index contributed by atoms with van der Waals surface area (Å²) in [5.41, 5.74) is 2.85. The van der Waals surface area contributed by atoms with Crippen LogP contribution in [0.3, 0.4) is 0 Å². The summed E-state index contributed by atoms with van der Waals surface area (Å²) in [6.07, 6.45) is 0.279. The number of nitrogens with one attached hydrogen (secondary N) is 1. The number of pyridine rings is 2. The molecule has 1 saturated carbocycles. The number of halogens is 3. The van der Waals surface area contributed by atoms with E-state index in [4.69, 9.17) is 0 Å². The van der Waals surface area contributed by atoms with E-state index < -0.39 is 21.9 Å². The normalized spacial score (nSPS) is 22.4. The molecule has 0 bridgehead atoms. The van der Waals surface area contributed by atoms with E-state index in [1.807, 2.05) is 6.07 Å². The Morgan fingerprint density at radius 1 is 1.13 bits per heavy atom. The fourth-order valence-electron chi connectivity index (χ4n) is 5.59. The lowest BCUT2D eigenvalue weighted by Gasteiger charge is -2.35. The quantitative estimate of drug-likeness (QED) is 0.491. The molecular weight excluding hydrogens is 517 g/mol. The zero-order valence-corrected chi connectivity index (χ0v) is 22.8. The van der Waals surface area contributed by atoms with Crippen LogP contribution >= 0.6 is 0 Å². The molecule has 7 nitrogen and oxygen atoms in total. The molecule has 0 aromatic carbocycles. The van der Waals surface area contributed by atoms with E-state index in [0.29, 0.717) is 30.6 Å². The summed E-state index contributed by atoms with van der Waals surface area (Å²) < 4.78 is 63.1. The summed E-state index contributed by atoms with van der Waals surface area (Å²) in [4.78, 5) is 24.1. The standard InChI is InChI=1S/C27H35F3N4O3S/c1-4-38(36,37)23-10-9-22(31-14-23)13-33-26(35)19-11-20-16-34(25(17(2)3)24(20)32-12-19)15-18-5-7-21(8-6-18)27(28,29)30/h9-12,14,17-18,21,25H,4-8,13,15-16H2,1-3H3,(H,33,35)/t18-,21-,25?. The zero-order chi connectivity index (χ0) is 27.7. The Balaban J connectivity index is 1.38. The van der Waals surface area contributed by atoms with Crippen LogP contribution in [0, 0.1) is 17.8 Å². The molecular formula is C27H35F3N4O3S. The van der Waals surface area contributed by atoms with E-state index in [1.165, 1.54) is 12.3 Å². The average molecular weight is 553 g/mol. The van der Waals surface area contributed by atoms with Crippen molar-refractivity contribution < 1.29 is 26.4 Å². The molecule has 3 heterocycles. The number of carbonyl (C=O) groups is 1. The number of hydrogen-bond acceptors (Lipinski definition) is 6. The third kappa shape index (κ3) is 6.36. The van der Waals surface area contributed by atoms with E-state index in [2.05, 4.69) is 34.0 Å². The van der Waals surface area contributed by atoms with Gasteiger partial charge in [-0.2, -0.15) is 13.2 Å². The first-order chi connectivity index (χ1) is 17.9. The number of amides is 1. The first kappa shape index (κ1) is 28.5. The lowest BCUT2D eigenvalue weighted by atomic mass is 9.81. The molecule has 208 valence electrons. The Labute approximate surface area is 222 Å². The van der Waals surface area contributed by atoms with Crippen molar-refractivity contribution in [1.29, 1.82) is 0 Å². The van der Waals surface area contributed by atoms with Gasteiger partial charge < -0.3 is 5.32 Å². The predicted octanol–water partition coefficient (Wildman–Crippen LogP) is 5.08. The highest BCUT2D eigenvalue weighted by Gasteiger charge is 2.42. The molecule has 1 aliphatic heterocycles. The second kappa shape index (κ2) is 11.3. The molecule has 1 atom stereocenters. The monoisotopic (exact) mass is 552 g/mol. The minimum Gasteiger partial charge on any atom is -0.346 e. The molecule has 2 aliphatic rings. The van der Waals surface area contributed by atoms with Crippen LogP contribution in [0.15, 0.2) is 35.5 Å². The summed E-state index contributed by atoms with van der Waals surface area (Å²) >= 11 is 0. The molecule has 38 heavy (non-hydrogen) atoms. The van der Waals surface area contributed by atoms with Gasteiger partial charge in [-0.05, 0) is 61.3 Å². The molecule has 1 unspecified atom stereocenters. The summed E-state index contributed by atoms with van der Waals surface area (Å²) in [7, 11) is -3.34. The van der Waals surface area contributed by atoms with Gasteiger partial charge in [0.2, 0.25) is 0 Å². The van der Waals surface area contributed by atoms with Crippen molar-refractivity contribution in [3.05, 3.63) is 53.1 Å². The molecule has 4 rings (SSSR count). The smallest absolute Gasteiger partial charge is 0.346 e. The Morgan fingerprint density at radius 2 is 1.84 bits per heavy atom. The van der Waals surface area contributed by atoms with Crippen LogP contribution in [0.5, 0.6) is 0 Å². The third-order valence-corrected chi connectivity index (χ3v) is 9.43. The molecule has 0 radical (unpaired) electrons. The van der Waals surface area contributed by atoms with Crippen molar-refractivity contribution in [3.8, 4) is 0 Å². The zero-order valence-electron chi connectivity index (χ0n) is 22.0. The number of carbonyl (C=O) groups excluding carboxylic acids is 1. The van der Waals surface area contributed by atoms with Crippen LogP contribution in [0.1, 0.15) is 79.8 Å². The number of alkyl halides is 3. The fourth-order valence-corrected chi connectivity index (χ4v) is 6.41. The SMILES string of the molecule is CCS(=O)(=O)c1ccc(CNC(=O)c2cnc3c(c2)CN(C[C@H]2CC[C@H](C(F)(F)F)CC2)C3C(C)C)nc1. The van der Waals surface area contributed by atoms with E-state index in [0.717, 1.165) is 17.8 Å². The Hall–Kier alpha value is -2.53. The maximum Gasteiger partial charge on any atom is 0.391 e. The lowest BCUT2D eigenvalue weighted by molar-refractivity contribution is -0.184. The van der Waals surface area contributed by atoms with Gasteiger partial charge in [0.25, 0.3) is 5.91 Å². The molecule has 1 N–H and O–H groups in total. The number of fused-ring (bicyclic) bond motifs is 1. The maximum atomic E-state index is 13.1. The van der Waals surface area contributed by atoms with Gasteiger partial charge in [0.15, 0.2) is 9.84 Å². The second-order valence-electron chi connectivity index (χ2n) is 10.7. The lowest BCUT2D eigenvalue weighted by Crippen LogP contribution is -2.35.